The molecular formula is C7H15NO3S. The number of nitrogens with zero attached hydrogens (tertiary/aromatic N) is 1. The van der Waals surface area contributed by atoms with Crippen molar-refractivity contribution in [2.24, 2.45) is 0 Å². The maximum Gasteiger partial charge on any atom is 0.268 e. The van der Waals surface area contributed by atoms with E-state index in [1.807, 2.05) is 7.05 Å². The zero-order valence-electron chi connectivity index (χ0n) is 7.49. The van der Waals surface area contributed by atoms with Crippen LogP contribution in [0.4, 0.5) is 0 Å². The molecule has 4 nitrogen and oxygen atoms in total. The monoisotopic (exact) mass is 193 g/mol. The number of hydrogen-bond donors (Lipinski definition) is 0. The summed E-state index contributed by atoms with van der Waals surface area (Å²) in [5.41, 5.74) is 0. The van der Waals surface area contributed by atoms with Crippen LogP contribution < -0.4 is 0 Å². The van der Waals surface area contributed by atoms with Crippen LogP contribution in [0, 0.1) is 0 Å². The van der Waals surface area contributed by atoms with Gasteiger partial charge >= 0.3 is 0 Å². The number of rotatable bonds is 3. The molecule has 1 aliphatic heterocycles. The summed E-state index contributed by atoms with van der Waals surface area (Å²) in [5.74, 6) is 0.125. The Morgan fingerprint density at radius 2 is 2.25 bits per heavy atom. The summed E-state index contributed by atoms with van der Waals surface area (Å²) in [7, 11) is -0.118. The zero-order chi connectivity index (χ0) is 9.19. The molecule has 0 saturated carbocycles. The van der Waals surface area contributed by atoms with Gasteiger partial charge in [0.15, 0.2) is 0 Å². The first kappa shape index (κ1) is 9.95. The van der Waals surface area contributed by atoms with Crippen LogP contribution in [0.3, 0.4) is 0 Å². The summed E-state index contributed by atoms with van der Waals surface area (Å²) in [4.78, 5) is 2.07. The molecule has 12 heavy (non-hydrogen) atoms. The number of likely N-dealkylation sites (tertiary alicyclic amines) is 1. The highest BCUT2D eigenvalue weighted by Crippen LogP contribution is 2.16. The summed E-state index contributed by atoms with van der Waals surface area (Å²) in [6.07, 6.45) is 2.04. The lowest BCUT2D eigenvalue weighted by atomic mass is 10.2. The minimum atomic E-state index is -3.28. The zero-order valence-corrected chi connectivity index (χ0v) is 8.30. The summed E-state index contributed by atoms with van der Waals surface area (Å²) in [6, 6.07) is 0.148. The van der Waals surface area contributed by atoms with Gasteiger partial charge in [-0.05, 0) is 26.4 Å². The molecule has 0 aliphatic carbocycles. The van der Waals surface area contributed by atoms with Crippen LogP contribution in [0.2, 0.25) is 0 Å². The van der Waals surface area contributed by atoms with Gasteiger partial charge in [0.2, 0.25) is 0 Å². The standard InChI is InChI=1S/C7H15NO3S/c1-8-5-3-4-7(8)6-12(9,10)11-2/h7H,3-6H2,1-2H3. The summed E-state index contributed by atoms with van der Waals surface area (Å²) < 4.78 is 26.5. The molecule has 5 heteroatoms. The maximum atomic E-state index is 11.1. The second-order valence-electron chi connectivity index (χ2n) is 3.17. The van der Waals surface area contributed by atoms with Crippen LogP contribution >= 0.6 is 0 Å². The van der Waals surface area contributed by atoms with Gasteiger partial charge in [-0.2, -0.15) is 8.42 Å². The van der Waals surface area contributed by atoms with Crippen molar-refractivity contribution in [3.63, 3.8) is 0 Å². The minimum absolute atomic E-state index is 0.125. The van der Waals surface area contributed by atoms with E-state index in [0.717, 1.165) is 19.4 Å². The lowest BCUT2D eigenvalue weighted by molar-refractivity contribution is 0.319. The van der Waals surface area contributed by atoms with Crippen molar-refractivity contribution in [3.05, 3.63) is 0 Å². The second-order valence-corrected chi connectivity index (χ2v) is 4.95. The van der Waals surface area contributed by atoms with E-state index in [9.17, 15) is 8.42 Å². The molecule has 1 saturated heterocycles. The Morgan fingerprint density at radius 1 is 1.58 bits per heavy atom. The quantitative estimate of drug-likeness (QED) is 0.594. The van der Waals surface area contributed by atoms with E-state index in [-0.39, 0.29) is 11.8 Å². The summed E-state index contributed by atoms with van der Waals surface area (Å²) >= 11 is 0. The van der Waals surface area contributed by atoms with Gasteiger partial charge in [0, 0.05) is 6.04 Å². The third kappa shape index (κ3) is 2.43. The highest BCUT2D eigenvalue weighted by atomic mass is 32.2. The van der Waals surface area contributed by atoms with Gasteiger partial charge in [0.05, 0.1) is 12.9 Å². The SMILES string of the molecule is COS(=O)(=O)CC1CCCN1C. The molecule has 1 unspecified atom stereocenters. The Morgan fingerprint density at radius 3 is 2.67 bits per heavy atom. The smallest absolute Gasteiger partial charge is 0.268 e. The highest BCUT2D eigenvalue weighted by molar-refractivity contribution is 7.86. The largest absolute Gasteiger partial charge is 0.302 e. The van der Waals surface area contributed by atoms with Gasteiger partial charge in [-0.3, -0.25) is 4.18 Å². The fourth-order valence-electron chi connectivity index (χ4n) is 1.49. The fraction of sp³-hybridized carbons (Fsp3) is 1.00. The van der Waals surface area contributed by atoms with E-state index >= 15 is 0 Å². The lowest BCUT2D eigenvalue weighted by Crippen LogP contribution is -2.32. The van der Waals surface area contributed by atoms with Crippen molar-refractivity contribution < 1.29 is 12.6 Å². The average Bonchev–Trinajstić information content (AvgIpc) is 2.36. The molecule has 0 radical (unpaired) electrons. The molecule has 0 bridgehead atoms. The first-order chi connectivity index (χ1) is 5.55. The Bertz CT molecular complexity index is 237. The molecule has 1 aliphatic rings. The van der Waals surface area contributed by atoms with Crippen molar-refractivity contribution in [2.75, 3.05) is 26.5 Å². The van der Waals surface area contributed by atoms with Crippen LogP contribution in [-0.4, -0.2) is 45.8 Å². The van der Waals surface area contributed by atoms with Crippen molar-refractivity contribution in [1.29, 1.82) is 0 Å². The van der Waals surface area contributed by atoms with E-state index in [1.165, 1.54) is 7.11 Å². The maximum absolute atomic E-state index is 11.1. The van der Waals surface area contributed by atoms with Gasteiger partial charge in [-0.15, -0.1) is 0 Å². The molecule has 1 fully saturated rings. The molecular weight excluding hydrogens is 178 g/mol. The Kier molecular flexibility index (Phi) is 3.09. The third-order valence-electron chi connectivity index (χ3n) is 2.32. The van der Waals surface area contributed by atoms with Gasteiger partial charge < -0.3 is 4.90 Å². The topological polar surface area (TPSA) is 46.6 Å². The lowest BCUT2D eigenvalue weighted by Gasteiger charge is -2.17. The average molecular weight is 193 g/mol. The molecule has 72 valence electrons. The minimum Gasteiger partial charge on any atom is -0.302 e. The molecule has 0 aromatic carbocycles. The summed E-state index contributed by atoms with van der Waals surface area (Å²) in [6.45, 7) is 0.990. The van der Waals surface area contributed by atoms with Crippen LogP contribution in [0.15, 0.2) is 0 Å². The van der Waals surface area contributed by atoms with Gasteiger partial charge in [0.1, 0.15) is 0 Å². The third-order valence-corrected chi connectivity index (χ3v) is 3.62. The van der Waals surface area contributed by atoms with E-state index in [4.69, 9.17) is 0 Å². The molecule has 0 amide bonds. The second kappa shape index (κ2) is 3.72. The molecule has 1 atom stereocenters. The molecule has 0 aromatic heterocycles. The van der Waals surface area contributed by atoms with Crippen molar-refractivity contribution >= 4 is 10.1 Å². The fourth-order valence-corrected chi connectivity index (χ4v) is 2.52. The van der Waals surface area contributed by atoms with Crippen LogP contribution in [0.5, 0.6) is 0 Å². The Hall–Kier alpha value is -0.130. The van der Waals surface area contributed by atoms with E-state index in [2.05, 4.69) is 9.08 Å². The van der Waals surface area contributed by atoms with Crippen LogP contribution in [-0.2, 0) is 14.3 Å². The predicted molar refractivity (Wildman–Crippen MR) is 46.4 cm³/mol. The van der Waals surface area contributed by atoms with Crippen molar-refractivity contribution in [3.8, 4) is 0 Å². The molecule has 0 aromatic rings. The highest BCUT2D eigenvalue weighted by Gasteiger charge is 2.26. The molecule has 1 rings (SSSR count). The van der Waals surface area contributed by atoms with E-state index in [0.29, 0.717) is 0 Å². The molecule has 1 heterocycles. The first-order valence-corrected chi connectivity index (χ1v) is 5.61. The molecule has 0 N–H and O–H groups in total. The molecule has 0 spiro atoms. The van der Waals surface area contributed by atoms with Crippen LogP contribution in [0.25, 0.3) is 0 Å². The summed E-state index contributed by atoms with van der Waals surface area (Å²) in [5, 5.41) is 0. The first-order valence-electron chi connectivity index (χ1n) is 4.04. The van der Waals surface area contributed by atoms with Crippen molar-refractivity contribution in [2.45, 2.75) is 18.9 Å². The van der Waals surface area contributed by atoms with Gasteiger partial charge in [-0.1, -0.05) is 0 Å². The number of hydrogen-bond acceptors (Lipinski definition) is 4. The van der Waals surface area contributed by atoms with Gasteiger partial charge in [0.25, 0.3) is 10.1 Å². The Labute approximate surface area is 73.6 Å². The van der Waals surface area contributed by atoms with Gasteiger partial charge in [-0.25, -0.2) is 0 Å². The van der Waals surface area contributed by atoms with Crippen LogP contribution in [0.1, 0.15) is 12.8 Å². The Balaban J connectivity index is 2.51. The van der Waals surface area contributed by atoms with E-state index < -0.39 is 10.1 Å². The predicted octanol–water partition coefficient (Wildman–Crippen LogP) is 0.0568. The van der Waals surface area contributed by atoms with E-state index in [1.54, 1.807) is 0 Å². The van der Waals surface area contributed by atoms with Crippen molar-refractivity contribution in [1.82, 2.24) is 4.90 Å². The normalized spacial score (nSPS) is 26.3.